The van der Waals surface area contributed by atoms with Crippen LogP contribution in [0, 0.1) is 11.7 Å². The predicted molar refractivity (Wildman–Crippen MR) is 171 cm³/mol. The molecule has 0 unspecified atom stereocenters. The maximum Gasteiger partial charge on any atom is 0.245 e. The fourth-order valence-electron chi connectivity index (χ4n) is 5.81. The van der Waals surface area contributed by atoms with Crippen LogP contribution in [0.4, 0.5) is 27.4 Å². The van der Waals surface area contributed by atoms with E-state index in [-0.39, 0.29) is 30.2 Å². The minimum atomic E-state index is -0.508. The number of aliphatic hydroxyl groups excluding tert-OH is 1. The van der Waals surface area contributed by atoms with E-state index in [4.69, 9.17) is 9.47 Å². The molecule has 0 bridgehead atoms. The third kappa shape index (κ3) is 6.75. The van der Waals surface area contributed by atoms with E-state index in [9.17, 15) is 9.90 Å². The molecule has 2 fully saturated rings. The van der Waals surface area contributed by atoms with Gasteiger partial charge in [-0.15, -0.1) is 0 Å². The molecule has 0 spiro atoms. The molecule has 2 aromatic heterocycles. The van der Waals surface area contributed by atoms with E-state index in [1.165, 1.54) is 18.5 Å². The highest BCUT2D eigenvalue weighted by Gasteiger charge is 2.24. The van der Waals surface area contributed by atoms with Gasteiger partial charge >= 0.3 is 0 Å². The molecule has 11 nitrogen and oxygen atoms in total. The number of hydrogen-bond donors (Lipinski definition) is 3. The summed E-state index contributed by atoms with van der Waals surface area (Å²) in [6.07, 6.45) is 6.89. The highest BCUT2D eigenvalue weighted by Crippen LogP contribution is 2.35. The Balaban J connectivity index is 1.17. The number of piperidine rings is 1. The van der Waals surface area contributed by atoms with Crippen molar-refractivity contribution in [1.82, 2.24) is 19.9 Å². The highest BCUT2D eigenvalue weighted by atomic mass is 19.1. The predicted octanol–water partition coefficient (Wildman–Crippen LogP) is 5.12. The minimum Gasteiger partial charge on any atom is -0.495 e. The summed E-state index contributed by atoms with van der Waals surface area (Å²) in [5.74, 6) is 2.38. The van der Waals surface area contributed by atoms with Gasteiger partial charge < -0.3 is 35.0 Å². The summed E-state index contributed by atoms with van der Waals surface area (Å²) in [4.78, 5) is 29.1. The molecule has 45 heavy (non-hydrogen) atoms. The van der Waals surface area contributed by atoms with Gasteiger partial charge in [0.25, 0.3) is 0 Å². The number of anilines is 4. The Morgan fingerprint density at radius 2 is 1.89 bits per heavy atom. The Morgan fingerprint density at radius 3 is 2.62 bits per heavy atom. The number of hydrogen-bond acceptors (Lipinski definition) is 10. The van der Waals surface area contributed by atoms with Gasteiger partial charge in [-0.3, -0.25) is 4.79 Å². The lowest BCUT2D eigenvalue weighted by Gasteiger charge is -2.32. The quantitative estimate of drug-likeness (QED) is 0.208. The number of carbonyl (C=O) groups is 1. The number of nitrogens with one attached hydrogen (secondary N) is 2. The second-order valence-corrected chi connectivity index (χ2v) is 11.2. The second-order valence-electron chi connectivity index (χ2n) is 11.2. The lowest BCUT2D eigenvalue weighted by Crippen LogP contribution is -2.41. The second kappa shape index (κ2) is 13.3. The van der Waals surface area contributed by atoms with Gasteiger partial charge in [-0.25, -0.2) is 19.3 Å². The van der Waals surface area contributed by atoms with Crippen LogP contribution in [0.2, 0.25) is 0 Å². The zero-order chi connectivity index (χ0) is 31.3. The van der Waals surface area contributed by atoms with Gasteiger partial charge in [0.15, 0.2) is 0 Å². The molecule has 2 aliphatic heterocycles. The Bertz CT molecular complexity index is 1700. The maximum absolute atomic E-state index is 15.4. The van der Waals surface area contributed by atoms with Gasteiger partial charge in [0.05, 0.1) is 24.0 Å². The lowest BCUT2D eigenvalue weighted by molar-refractivity contribution is -0.126. The number of halogens is 1. The Labute approximate surface area is 260 Å². The third-order valence-corrected chi connectivity index (χ3v) is 8.31. The van der Waals surface area contributed by atoms with Crippen molar-refractivity contribution in [3.8, 4) is 17.2 Å². The molecule has 0 saturated carbocycles. The topological polar surface area (TPSA) is 125 Å². The minimum absolute atomic E-state index is 0.0574. The van der Waals surface area contributed by atoms with Crippen molar-refractivity contribution in [2.75, 3.05) is 55.4 Å². The van der Waals surface area contributed by atoms with Gasteiger partial charge in [0.1, 0.15) is 41.0 Å². The molecular formula is C33H36FN7O4. The van der Waals surface area contributed by atoms with Crippen LogP contribution < -0.4 is 25.0 Å². The number of benzene rings is 2. The molecule has 0 radical (unpaired) electrons. The van der Waals surface area contributed by atoms with Crippen molar-refractivity contribution in [3.05, 3.63) is 73.5 Å². The van der Waals surface area contributed by atoms with Gasteiger partial charge in [0, 0.05) is 74.5 Å². The Morgan fingerprint density at radius 1 is 1.07 bits per heavy atom. The summed E-state index contributed by atoms with van der Waals surface area (Å²) in [5, 5.41) is 16.8. The first-order valence-corrected chi connectivity index (χ1v) is 15.0. The number of rotatable bonds is 10. The maximum atomic E-state index is 15.4. The van der Waals surface area contributed by atoms with E-state index < -0.39 is 5.82 Å². The Hall–Kier alpha value is -4.97. The normalized spacial score (nSPS) is 16.9. The number of ether oxygens (including phenoxy) is 2. The molecule has 2 aliphatic rings. The summed E-state index contributed by atoms with van der Waals surface area (Å²) < 4.78 is 27.0. The fraction of sp³-hybridized carbons (Fsp3) is 0.333. The smallest absolute Gasteiger partial charge is 0.245 e. The summed E-state index contributed by atoms with van der Waals surface area (Å²) >= 11 is 0. The average molecular weight is 614 g/mol. The number of aromatic nitrogens is 3. The van der Waals surface area contributed by atoms with E-state index in [1.807, 2.05) is 18.2 Å². The van der Waals surface area contributed by atoms with Crippen LogP contribution in [0.25, 0.3) is 10.9 Å². The first-order chi connectivity index (χ1) is 21.9. The molecule has 12 heteroatoms. The third-order valence-electron chi connectivity index (χ3n) is 8.31. The van der Waals surface area contributed by atoms with Crippen molar-refractivity contribution in [3.63, 3.8) is 0 Å². The molecule has 2 saturated heterocycles. The number of amides is 1. The van der Waals surface area contributed by atoms with Crippen molar-refractivity contribution in [2.45, 2.75) is 25.3 Å². The summed E-state index contributed by atoms with van der Waals surface area (Å²) in [5.41, 5.74) is 1.63. The van der Waals surface area contributed by atoms with Gasteiger partial charge in [-0.05, 0) is 49.6 Å². The summed E-state index contributed by atoms with van der Waals surface area (Å²) in [7, 11) is 1.60. The number of likely N-dealkylation sites (tertiary alicyclic amines) is 1. The SMILES string of the molecule is C=CC(=O)N1CCC(Nc2cc3c(Nc4ccc(Oc5ccnc(N6CC[C@@H](CO)C6)c5)cc4F)ncnc3cc2OC)CC1. The highest BCUT2D eigenvalue weighted by molar-refractivity contribution is 5.95. The standard InChI is InChI=1S/C33H36FN7O4/c1-3-32(43)40-12-8-22(9-13-40)38-29-16-25-28(17-30(29)44-2)36-20-37-33(25)39-27-5-4-23(14-26(27)34)45-24-6-10-35-31(15-24)41-11-7-21(18-41)19-42/h3-6,10,14-17,20-22,38,42H,1,7-9,11-13,18-19H2,2H3,(H,36,37,39)/t21-/m1/s1. The van der Waals surface area contributed by atoms with Crippen molar-refractivity contribution in [1.29, 1.82) is 0 Å². The van der Waals surface area contributed by atoms with E-state index in [0.717, 1.165) is 43.9 Å². The first kappa shape index (κ1) is 30.1. The number of pyridine rings is 1. The summed E-state index contributed by atoms with van der Waals surface area (Å²) in [6, 6.07) is 12.0. The van der Waals surface area contributed by atoms with Crippen LogP contribution in [-0.2, 0) is 4.79 Å². The molecule has 4 aromatic rings. The molecule has 3 N–H and O–H groups in total. The molecule has 1 atom stereocenters. The van der Waals surface area contributed by atoms with Crippen LogP contribution in [0.15, 0.2) is 67.6 Å². The molecular weight excluding hydrogens is 577 g/mol. The van der Waals surface area contributed by atoms with Crippen molar-refractivity contribution >= 4 is 39.8 Å². The van der Waals surface area contributed by atoms with Crippen LogP contribution >= 0.6 is 0 Å². The largest absolute Gasteiger partial charge is 0.495 e. The summed E-state index contributed by atoms with van der Waals surface area (Å²) in [6.45, 7) is 6.56. The van der Waals surface area contributed by atoms with Gasteiger partial charge in [-0.2, -0.15) is 0 Å². The first-order valence-electron chi connectivity index (χ1n) is 15.0. The van der Waals surface area contributed by atoms with Gasteiger partial charge in [-0.1, -0.05) is 6.58 Å². The van der Waals surface area contributed by atoms with Crippen molar-refractivity contribution < 1.29 is 23.8 Å². The van der Waals surface area contributed by atoms with E-state index in [1.54, 1.807) is 36.4 Å². The molecule has 1 amide bonds. The monoisotopic (exact) mass is 613 g/mol. The van der Waals surface area contributed by atoms with E-state index in [2.05, 4.69) is 37.1 Å². The molecule has 0 aliphatic carbocycles. The zero-order valence-electron chi connectivity index (χ0n) is 25.1. The van der Waals surface area contributed by atoms with Gasteiger partial charge in [0.2, 0.25) is 5.91 Å². The van der Waals surface area contributed by atoms with E-state index in [0.29, 0.717) is 47.1 Å². The number of nitrogens with zero attached hydrogens (tertiary/aromatic N) is 5. The zero-order valence-corrected chi connectivity index (χ0v) is 25.1. The molecule has 234 valence electrons. The fourth-order valence-corrected chi connectivity index (χ4v) is 5.81. The van der Waals surface area contributed by atoms with Crippen molar-refractivity contribution in [2.24, 2.45) is 5.92 Å². The number of aliphatic hydroxyl groups is 1. The van der Waals surface area contributed by atoms with E-state index >= 15 is 4.39 Å². The molecule has 2 aromatic carbocycles. The number of methoxy groups -OCH3 is 1. The Kier molecular flexibility index (Phi) is 8.92. The van der Waals surface area contributed by atoms with Crippen LogP contribution in [-0.4, -0.2) is 76.8 Å². The lowest BCUT2D eigenvalue weighted by atomic mass is 10.0. The number of carbonyl (C=O) groups excluding carboxylic acids is 1. The van der Waals surface area contributed by atoms with Crippen LogP contribution in [0.5, 0.6) is 17.2 Å². The number of fused-ring (bicyclic) bond motifs is 1. The van der Waals surface area contributed by atoms with Crippen LogP contribution in [0.1, 0.15) is 19.3 Å². The molecule has 4 heterocycles. The van der Waals surface area contributed by atoms with Crippen LogP contribution in [0.3, 0.4) is 0 Å². The average Bonchev–Trinajstić information content (AvgIpc) is 3.56. The molecule has 6 rings (SSSR count).